The van der Waals surface area contributed by atoms with Crippen molar-refractivity contribution in [3.05, 3.63) is 68.1 Å². The number of amides is 2. The molecule has 3 aromatic rings. The second-order valence-electron chi connectivity index (χ2n) is 9.04. The molecule has 0 spiro atoms. The van der Waals surface area contributed by atoms with E-state index in [9.17, 15) is 19.5 Å². The summed E-state index contributed by atoms with van der Waals surface area (Å²) in [5.74, 6) is 0. The summed E-state index contributed by atoms with van der Waals surface area (Å²) in [7, 11) is 0. The zero-order valence-corrected chi connectivity index (χ0v) is 21.3. The number of anilines is 1. The van der Waals surface area contributed by atoms with Crippen molar-refractivity contribution >= 4 is 34.2 Å². The normalized spacial score (nSPS) is 19.2. The van der Waals surface area contributed by atoms with Gasteiger partial charge in [0.05, 0.1) is 18.2 Å². The summed E-state index contributed by atoms with van der Waals surface area (Å²) in [6, 6.07) is 6.73. The first-order chi connectivity index (χ1) is 17.9. The molecule has 3 heterocycles. The van der Waals surface area contributed by atoms with Gasteiger partial charge in [0.1, 0.15) is 12.3 Å². The fourth-order valence-corrected chi connectivity index (χ4v) is 4.54. The molecular formula is C25H31ClN6O5. The van der Waals surface area contributed by atoms with Gasteiger partial charge in [-0.2, -0.15) is 0 Å². The van der Waals surface area contributed by atoms with Crippen LogP contribution in [-0.2, 0) is 4.74 Å². The number of hydrogen-bond acceptors (Lipinski definition) is 7. The minimum absolute atomic E-state index is 0.283. The van der Waals surface area contributed by atoms with E-state index in [1.165, 1.54) is 10.8 Å². The van der Waals surface area contributed by atoms with Crippen LogP contribution in [0.3, 0.4) is 0 Å². The molecule has 3 atom stereocenters. The predicted molar refractivity (Wildman–Crippen MR) is 141 cm³/mol. The number of pyridine rings is 1. The van der Waals surface area contributed by atoms with Gasteiger partial charge in [0.15, 0.2) is 0 Å². The highest BCUT2D eigenvalue weighted by atomic mass is 35.5. The summed E-state index contributed by atoms with van der Waals surface area (Å²) in [5.41, 5.74) is 1.16. The summed E-state index contributed by atoms with van der Waals surface area (Å²) in [6.45, 7) is 2.56. The third kappa shape index (κ3) is 6.68. The van der Waals surface area contributed by atoms with Gasteiger partial charge in [0.25, 0.3) is 5.56 Å². The summed E-state index contributed by atoms with van der Waals surface area (Å²) < 4.78 is 7.03. The zero-order valence-electron chi connectivity index (χ0n) is 20.5. The van der Waals surface area contributed by atoms with Gasteiger partial charge in [-0.1, -0.05) is 11.6 Å². The lowest BCUT2D eigenvalue weighted by molar-refractivity contribution is -0.0285. The third-order valence-electron chi connectivity index (χ3n) is 6.35. The molecule has 1 aliphatic heterocycles. The molecule has 1 aromatic carbocycles. The lowest BCUT2D eigenvalue weighted by Gasteiger charge is -2.17. The van der Waals surface area contributed by atoms with Crippen LogP contribution in [0.4, 0.5) is 10.5 Å². The van der Waals surface area contributed by atoms with Gasteiger partial charge in [-0.15, -0.1) is 0 Å². The van der Waals surface area contributed by atoms with Crippen LogP contribution < -0.4 is 27.2 Å². The fraction of sp³-hybridized carbons (Fsp3) is 0.440. The Labute approximate surface area is 218 Å². The lowest BCUT2D eigenvalue weighted by atomic mass is 10.1. The van der Waals surface area contributed by atoms with Crippen LogP contribution in [0, 0.1) is 6.92 Å². The molecule has 0 unspecified atom stereocenters. The average Bonchev–Trinajstić information content (AvgIpc) is 3.27. The number of urea groups is 1. The van der Waals surface area contributed by atoms with Crippen molar-refractivity contribution in [2.75, 3.05) is 25.0 Å². The maximum Gasteiger partial charge on any atom is 0.330 e. The van der Waals surface area contributed by atoms with Crippen LogP contribution in [0.1, 0.15) is 37.5 Å². The molecule has 1 aliphatic rings. The number of halogens is 1. The van der Waals surface area contributed by atoms with Crippen LogP contribution in [0.5, 0.6) is 0 Å². The van der Waals surface area contributed by atoms with Crippen LogP contribution in [0.2, 0.25) is 5.02 Å². The number of aliphatic hydroxyl groups is 1. The van der Waals surface area contributed by atoms with E-state index >= 15 is 0 Å². The Morgan fingerprint density at radius 1 is 1.24 bits per heavy atom. The zero-order chi connectivity index (χ0) is 26.4. The summed E-state index contributed by atoms with van der Waals surface area (Å²) in [6.07, 6.45) is 4.75. The number of carbonyl (C=O) groups excluding carboxylic acids is 1. The molecule has 5 N–H and O–H groups in total. The molecule has 37 heavy (non-hydrogen) atoms. The third-order valence-corrected chi connectivity index (χ3v) is 6.58. The number of nitrogens with zero attached hydrogens (tertiary/aromatic N) is 2. The van der Waals surface area contributed by atoms with Gasteiger partial charge in [-0.3, -0.25) is 19.3 Å². The number of benzene rings is 1. The van der Waals surface area contributed by atoms with Gasteiger partial charge >= 0.3 is 11.7 Å². The van der Waals surface area contributed by atoms with Crippen molar-refractivity contribution < 1.29 is 14.6 Å². The molecule has 198 valence electrons. The number of rotatable bonds is 10. The average molecular weight is 531 g/mol. The number of aliphatic hydroxyl groups excluding tert-OH is 1. The Morgan fingerprint density at radius 2 is 2.05 bits per heavy atom. The Bertz CT molecular complexity index is 1360. The number of carbonyl (C=O) groups is 1. The summed E-state index contributed by atoms with van der Waals surface area (Å²) in [4.78, 5) is 42.7. The highest BCUT2D eigenvalue weighted by Gasteiger charge is 2.37. The van der Waals surface area contributed by atoms with E-state index in [4.69, 9.17) is 16.3 Å². The number of hydrogen-bond donors (Lipinski definition) is 5. The second-order valence-corrected chi connectivity index (χ2v) is 9.48. The quantitative estimate of drug-likeness (QED) is 0.252. The Kier molecular flexibility index (Phi) is 8.80. The van der Waals surface area contributed by atoms with Crippen molar-refractivity contribution in [1.82, 2.24) is 25.2 Å². The SMILES string of the molecule is Cc1cn([C@H]2C[C@H](NC(=O)NCCCCCNc3ccnc4cc(Cl)ccc34)[C@H](CO)O2)c(=O)[nH]c1=O. The number of aromatic amines is 1. The molecule has 1 saturated heterocycles. The highest BCUT2D eigenvalue weighted by molar-refractivity contribution is 6.31. The van der Waals surface area contributed by atoms with E-state index in [1.54, 1.807) is 13.1 Å². The second kappa shape index (κ2) is 12.2. The van der Waals surface area contributed by atoms with Gasteiger partial charge in [0.2, 0.25) is 0 Å². The molecule has 0 saturated carbocycles. The largest absolute Gasteiger partial charge is 0.394 e. The molecule has 2 amide bonds. The topological polar surface area (TPSA) is 150 Å². The summed E-state index contributed by atoms with van der Waals surface area (Å²) in [5, 5.41) is 20.4. The van der Waals surface area contributed by atoms with Crippen molar-refractivity contribution in [3.8, 4) is 0 Å². The van der Waals surface area contributed by atoms with E-state index < -0.39 is 29.6 Å². The van der Waals surface area contributed by atoms with Crippen molar-refractivity contribution in [1.29, 1.82) is 0 Å². The molecule has 2 aromatic heterocycles. The van der Waals surface area contributed by atoms with E-state index in [0.29, 0.717) is 17.1 Å². The number of aromatic nitrogens is 3. The van der Waals surface area contributed by atoms with E-state index in [0.717, 1.165) is 42.4 Å². The number of fused-ring (bicyclic) bond motifs is 1. The molecule has 12 heteroatoms. The molecule has 0 aliphatic carbocycles. The van der Waals surface area contributed by atoms with E-state index in [2.05, 4.69) is 25.9 Å². The van der Waals surface area contributed by atoms with Gasteiger partial charge in [-0.05, 0) is 50.5 Å². The van der Waals surface area contributed by atoms with Crippen LogP contribution >= 0.6 is 11.6 Å². The number of unbranched alkanes of at least 4 members (excludes halogenated alkanes) is 2. The van der Waals surface area contributed by atoms with Gasteiger partial charge in [0, 0.05) is 53.6 Å². The first-order valence-corrected chi connectivity index (χ1v) is 12.6. The molecular weight excluding hydrogens is 500 g/mol. The molecule has 11 nitrogen and oxygen atoms in total. The Morgan fingerprint density at radius 3 is 2.86 bits per heavy atom. The number of H-pyrrole nitrogens is 1. The summed E-state index contributed by atoms with van der Waals surface area (Å²) >= 11 is 6.04. The first kappa shape index (κ1) is 26.6. The number of nitrogens with one attached hydrogen (secondary N) is 4. The highest BCUT2D eigenvalue weighted by Crippen LogP contribution is 2.27. The van der Waals surface area contributed by atoms with Crippen molar-refractivity contribution in [2.24, 2.45) is 0 Å². The molecule has 4 rings (SSSR count). The smallest absolute Gasteiger partial charge is 0.330 e. The predicted octanol–water partition coefficient (Wildman–Crippen LogP) is 2.28. The minimum atomic E-state index is -0.701. The Hall–Kier alpha value is -3.41. The van der Waals surface area contributed by atoms with Crippen LogP contribution in [-0.4, -0.2) is 57.5 Å². The van der Waals surface area contributed by atoms with E-state index in [-0.39, 0.29) is 19.1 Å². The Balaban J connectivity index is 1.17. The fourth-order valence-electron chi connectivity index (χ4n) is 4.37. The first-order valence-electron chi connectivity index (χ1n) is 12.3. The standard InChI is InChI=1S/C25H31ClN6O5/c1-15-13-32(25(36)31-23(15)34)22-12-20(21(14-33)37-22)30-24(35)29-9-4-2-3-8-27-18-7-10-28-19-11-16(26)5-6-17(18)19/h5-7,10-11,13,20-22,33H,2-4,8-9,12,14H2,1H3,(H,27,28)(H2,29,30,35)(H,31,34,36)/t20-,21-,22+/m0/s1. The van der Waals surface area contributed by atoms with Crippen molar-refractivity contribution in [3.63, 3.8) is 0 Å². The monoisotopic (exact) mass is 530 g/mol. The number of ether oxygens (including phenoxy) is 1. The van der Waals surface area contributed by atoms with Gasteiger partial charge in [-0.25, -0.2) is 9.59 Å². The molecule has 1 fully saturated rings. The number of aryl methyl sites for hydroxylation is 1. The van der Waals surface area contributed by atoms with Crippen LogP contribution in [0.15, 0.2) is 46.2 Å². The van der Waals surface area contributed by atoms with Crippen molar-refractivity contribution in [2.45, 2.75) is 51.0 Å². The van der Waals surface area contributed by atoms with Gasteiger partial charge < -0.3 is 25.8 Å². The lowest BCUT2D eigenvalue weighted by Crippen LogP contribution is -2.46. The van der Waals surface area contributed by atoms with Crippen LogP contribution in [0.25, 0.3) is 10.9 Å². The molecule has 0 radical (unpaired) electrons. The van der Waals surface area contributed by atoms with E-state index in [1.807, 2.05) is 24.3 Å². The maximum absolute atomic E-state index is 12.4. The maximum atomic E-state index is 12.4. The molecule has 0 bridgehead atoms. The minimum Gasteiger partial charge on any atom is -0.394 e.